The van der Waals surface area contributed by atoms with Gasteiger partial charge in [-0.1, -0.05) is 12.1 Å². The van der Waals surface area contributed by atoms with Crippen LogP contribution >= 0.6 is 0 Å². The number of nitrogens with two attached hydrogens (primary N) is 1. The van der Waals surface area contributed by atoms with Crippen molar-refractivity contribution in [3.05, 3.63) is 36.2 Å². The van der Waals surface area contributed by atoms with Crippen LogP contribution in [0.3, 0.4) is 0 Å². The van der Waals surface area contributed by atoms with E-state index in [0.29, 0.717) is 0 Å². The lowest BCUT2D eigenvalue weighted by Gasteiger charge is -1.99. The minimum Gasteiger partial charge on any atom is -0.399 e. The Morgan fingerprint density at radius 3 is 2.87 bits per heavy atom. The molecule has 1 heterocycles. The summed E-state index contributed by atoms with van der Waals surface area (Å²) in [5.41, 5.74) is 8.62. The summed E-state index contributed by atoms with van der Waals surface area (Å²) >= 11 is 0. The molecule has 0 atom stereocenters. The molecule has 3 N–H and O–H groups in total. The first-order chi connectivity index (χ1) is 7.24. The maximum Gasteiger partial charge on any atom is 0.104 e. The standard InChI is InChI=1S/C12H11N3/c1-7-14-11-5-3-8-2-4-9(13)6-10(8)12(11)15-7/h2-6H,13H2,1H3,(H,14,15). The van der Waals surface area contributed by atoms with Crippen LogP contribution in [0, 0.1) is 6.92 Å². The van der Waals surface area contributed by atoms with Crippen LogP contribution in [0.25, 0.3) is 21.8 Å². The van der Waals surface area contributed by atoms with Crippen molar-refractivity contribution < 1.29 is 0 Å². The van der Waals surface area contributed by atoms with Gasteiger partial charge >= 0.3 is 0 Å². The fourth-order valence-corrected chi connectivity index (χ4v) is 1.93. The van der Waals surface area contributed by atoms with E-state index in [2.05, 4.69) is 16.0 Å². The van der Waals surface area contributed by atoms with Crippen molar-refractivity contribution in [1.29, 1.82) is 0 Å². The molecule has 3 nitrogen and oxygen atoms in total. The Bertz CT molecular complexity index is 652. The lowest BCUT2D eigenvalue weighted by Crippen LogP contribution is -1.84. The fraction of sp³-hybridized carbons (Fsp3) is 0.0833. The molecular weight excluding hydrogens is 186 g/mol. The summed E-state index contributed by atoms with van der Waals surface area (Å²) in [4.78, 5) is 7.69. The molecule has 0 aliphatic rings. The van der Waals surface area contributed by atoms with Crippen molar-refractivity contribution in [2.45, 2.75) is 6.92 Å². The average molecular weight is 197 g/mol. The summed E-state index contributed by atoms with van der Waals surface area (Å²) in [5, 5.41) is 2.28. The van der Waals surface area contributed by atoms with Gasteiger partial charge in [-0.15, -0.1) is 0 Å². The van der Waals surface area contributed by atoms with Gasteiger partial charge in [-0.2, -0.15) is 0 Å². The number of aryl methyl sites for hydroxylation is 1. The Labute approximate surface area is 86.9 Å². The number of nitrogen functional groups attached to an aromatic ring is 1. The molecule has 74 valence electrons. The van der Waals surface area contributed by atoms with E-state index in [0.717, 1.165) is 27.9 Å². The second-order valence-corrected chi connectivity index (χ2v) is 3.76. The van der Waals surface area contributed by atoms with E-state index in [-0.39, 0.29) is 0 Å². The first-order valence-corrected chi connectivity index (χ1v) is 4.88. The fourth-order valence-electron chi connectivity index (χ4n) is 1.93. The van der Waals surface area contributed by atoms with E-state index in [9.17, 15) is 0 Å². The lowest BCUT2D eigenvalue weighted by atomic mass is 10.1. The van der Waals surface area contributed by atoms with E-state index in [1.807, 2.05) is 31.2 Å². The predicted molar refractivity (Wildman–Crippen MR) is 62.7 cm³/mol. The zero-order valence-electron chi connectivity index (χ0n) is 8.41. The molecule has 0 saturated heterocycles. The quantitative estimate of drug-likeness (QED) is 0.544. The Kier molecular flexibility index (Phi) is 1.51. The van der Waals surface area contributed by atoms with Crippen LogP contribution < -0.4 is 5.73 Å². The highest BCUT2D eigenvalue weighted by molar-refractivity contribution is 6.05. The average Bonchev–Trinajstić information content (AvgIpc) is 2.58. The first-order valence-electron chi connectivity index (χ1n) is 4.88. The third-order valence-corrected chi connectivity index (χ3v) is 2.61. The molecule has 3 aromatic rings. The highest BCUT2D eigenvalue weighted by atomic mass is 14.9. The predicted octanol–water partition coefficient (Wildman–Crippen LogP) is 2.61. The molecule has 0 fully saturated rings. The van der Waals surface area contributed by atoms with Gasteiger partial charge in [0.05, 0.1) is 11.0 Å². The van der Waals surface area contributed by atoms with Gasteiger partial charge in [0.15, 0.2) is 0 Å². The molecule has 0 unspecified atom stereocenters. The third-order valence-electron chi connectivity index (χ3n) is 2.61. The number of aromatic nitrogens is 2. The number of imidazole rings is 1. The van der Waals surface area contributed by atoms with Crippen molar-refractivity contribution in [1.82, 2.24) is 9.97 Å². The first kappa shape index (κ1) is 8.29. The van der Waals surface area contributed by atoms with E-state index in [1.165, 1.54) is 5.39 Å². The number of H-pyrrole nitrogens is 1. The zero-order chi connectivity index (χ0) is 10.4. The van der Waals surface area contributed by atoms with Crippen molar-refractivity contribution >= 4 is 27.5 Å². The molecule has 2 aromatic carbocycles. The minimum atomic E-state index is 0.774. The third kappa shape index (κ3) is 1.16. The van der Waals surface area contributed by atoms with Crippen molar-refractivity contribution in [3.8, 4) is 0 Å². The molecule has 3 rings (SSSR count). The Balaban J connectivity index is 2.56. The van der Waals surface area contributed by atoms with Crippen molar-refractivity contribution in [2.75, 3.05) is 5.73 Å². The summed E-state index contributed by atoms with van der Waals surface area (Å²) < 4.78 is 0. The second kappa shape index (κ2) is 2.73. The second-order valence-electron chi connectivity index (χ2n) is 3.76. The number of anilines is 1. The summed E-state index contributed by atoms with van der Waals surface area (Å²) in [5.74, 6) is 0.930. The van der Waals surface area contributed by atoms with Crippen LogP contribution in [-0.4, -0.2) is 9.97 Å². The van der Waals surface area contributed by atoms with Gasteiger partial charge in [0, 0.05) is 11.1 Å². The molecule has 15 heavy (non-hydrogen) atoms. The summed E-state index contributed by atoms with van der Waals surface area (Å²) in [6, 6.07) is 10.0. The minimum absolute atomic E-state index is 0.774. The highest BCUT2D eigenvalue weighted by Gasteiger charge is 2.04. The number of hydrogen-bond donors (Lipinski definition) is 2. The maximum atomic E-state index is 5.78. The van der Waals surface area contributed by atoms with Gasteiger partial charge in [0.2, 0.25) is 0 Å². The molecule has 0 bridgehead atoms. The van der Waals surface area contributed by atoms with Gasteiger partial charge in [-0.05, 0) is 30.5 Å². The van der Waals surface area contributed by atoms with Gasteiger partial charge in [-0.25, -0.2) is 4.98 Å². The molecule has 0 amide bonds. The monoisotopic (exact) mass is 197 g/mol. The number of nitrogens with one attached hydrogen (secondary N) is 1. The maximum absolute atomic E-state index is 5.78. The van der Waals surface area contributed by atoms with Gasteiger partial charge in [0.25, 0.3) is 0 Å². The molecule has 0 aliphatic carbocycles. The summed E-state index contributed by atoms with van der Waals surface area (Å²) in [6.45, 7) is 1.96. The number of hydrogen-bond acceptors (Lipinski definition) is 2. The Hall–Kier alpha value is -2.03. The number of fused-ring (bicyclic) bond motifs is 3. The topological polar surface area (TPSA) is 54.7 Å². The lowest BCUT2D eigenvalue weighted by molar-refractivity contribution is 1.17. The molecule has 1 aromatic heterocycles. The Morgan fingerprint density at radius 2 is 2.00 bits per heavy atom. The van der Waals surface area contributed by atoms with Crippen LogP contribution in [0.5, 0.6) is 0 Å². The van der Waals surface area contributed by atoms with Crippen LogP contribution in [0.15, 0.2) is 30.3 Å². The highest BCUT2D eigenvalue weighted by Crippen LogP contribution is 2.25. The molecule has 3 heteroatoms. The van der Waals surface area contributed by atoms with Gasteiger partial charge in [-0.3, -0.25) is 0 Å². The molecular formula is C12H11N3. The van der Waals surface area contributed by atoms with Gasteiger partial charge < -0.3 is 10.7 Å². The normalized spacial score (nSPS) is 11.3. The van der Waals surface area contributed by atoms with E-state index >= 15 is 0 Å². The van der Waals surface area contributed by atoms with Crippen LogP contribution in [-0.2, 0) is 0 Å². The number of rotatable bonds is 0. The van der Waals surface area contributed by atoms with Crippen molar-refractivity contribution in [2.24, 2.45) is 0 Å². The van der Waals surface area contributed by atoms with Crippen LogP contribution in [0.2, 0.25) is 0 Å². The number of benzene rings is 2. The van der Waals surface area contributed by atoms with Crippen LogP contribution in [0.1, 0.15) is 5.82 Å². The largest absolute Gasteiger partial charge is 0.399 e. The number of nitrogens with zero attached hydrogens (tertiary/aromatic N) is 1. The molecule has 0 aliphatic heterocycles. The van der Waals surface area contributed by atoms with E-state index in [4.69, 9.17) is 5.73 Å². The smallest absolute Gasteiger partial charge is 0.104 e. The van der Waals surface area contributed by atoms with Crippen LogP contribution in [0.4, 0.5) is 5.69 Å². The molecule has 0 saturated carbocycles. The SMILES string of the molecule is Cc1nc2c(ccc3ccc(N)cc32)[nH]1. The number of aromatic amines is 1. The van der Waals surface area contributed by atoms with Gasteiger partial charge in [0.1, 0.15) is 5.82 Å². The zero-order valence-corrected chi connectivity index (χ0v) is 8.41. The van der Waals surface area contributed by atoms with Crippen molar-refractivity contribution in [3.63, 3.8) is 0 Å². The molecule has 0 spiro atoms. The summed E-state index contributed by atoms with van der Waals surface area (Å²) in [6.07, 6.45) is 0. The Morgan fingerprint density at radius 1 is 1.20 bits per heavy atom. The summed E-state index contributed by atoms with van der Waals surface area (Å²) in [7, 11) is 0. The molecule has 0 radical (unpaired) electrons. The van der Waals surface area contributed by atoms with E-state index in [1.54, 1.807) is 0 Å². The van der Waals surface area contributed by atoms with E-state index < -0.39 is 0 Å².